The molecule has 1 aliphatic heterocycles. The first kappa shape index (κ1) is 15.0. The minimum Gasteiger partial charge on any atom is -0.383 e. The molecule has 0 saturated carbocycles. The van der Waals surface area contributed by atoms with E-state index in [9.17, 15) is 0 Å². The number of pyridine rings is 1. The lowest BCUT2D eigenvalue weighted by molar-refractivity contribution is 0.517. The minimum atomic E-state index is 0.467. The summed E-state index contributed by atoms with van der Waals surface area (Å²) in [6.45, 7) is 2.29. The van der Waals surface area contributed by atoms with Crippen molar-refractivity contribution in [3.05, 3.63) is 23.9 Å². The van der Waals surface area contributed by atoms with Crippen LogP contribution in [-0.2, 0) is 6.42 Å². The Hall–Kier alpha value is -0.390. The molecule has 0 aromatic carbocycles. The highest BCUT2D eigenvalue weighted by atomic mass is 32.2. The second-order valence-corrected chi connectivity index (χ2v) is 7.43. The van der Waals surface area contributed by atoms with Gasteiger partial charge in [-0.1, -0.05) is 13.0 Å². The van der Waals surface area contributed by atoms with E-state index in [1.165, 1.54) is 17.9 Å². The second-order valence-electron chi connectivity index (χ2n) is 4.80. The Labute approximate surface area is 124 Å². The third-order valence-electron chi connectivity index (χ3n) is 3.63. The van der Waals surface area contributed by atoms with E-state index in [2.05, 4.69) is 53.9 Å². The number of hydrogen-bond donors (Lipinski definition) is 2. The molecule has 3 atom stereocenters. The van der Waals surface area contributed by atoms with Crippen LogP contribution in [-0.4, -0.2) is 40.1 Å². The van der Waals surface area contributed by atoms with Crippen molar-refractivity contribution in [1.82, 2.24) is 10.3 Å². The maximum Gasteiger partial charge on any atom is 0.126 e. The average molecular weight is 297 g/mol. The van der Waals surface area contributed by atoms with Crippen molar-refractivity contribution in [1.29, 1.82) is 0 Å². The van der Waals surface area contributed by atoms with Crippen LogP contribution in [0.25, 0.3) is 0 Å². The Morgan fingerprint density at radius 2 is 2.26 bits per heavy atom. The van der Waals surface area contributed by atoms with Gasteiger partial charge in [0.05, 0.1) is 0 Å². The SMILES string of the molecule is CCC1SCCSC1C(Cc1cccnc1N)NC. The zero-order valence-corrected chi connectivity index (χ0v) is 13.3. The lowest BCUT2D eigenvalue weighted by Gasteiger charge is -2.36. The van der Waals surface area contributed by atoms with Gasteiger partial charge in [-0.25, -0.2) is 4.98 Å². The highest BCUT2D eigenvalue weighted by Gasteiger charge is 2.31. The Morgan fingerprint density at radius 3 is 2.95 bits per heavy atom. The maximum atomic E-state index is 5.97. The fourth-order valence-electron chi connectivity index (χ4n) is 2.55. The molecule has 2 heterocycles. The standard InChI is InChI=1S/C14H23N3S2/c1-3-12-13(19-8-7-18-12)11(16-2)9-10-5-4-6-17-14(10)15/h4-6,11-13,16H,3,7-9H2,1-2H3,(H2,15,17). The highest BCUT2D eigenvalue weighted by molar-refractivity contribution is 8.07. The summed E-state index contributed by atoms with van der Waals surface area (Å²) >= 11 is 4.23. The summed E-state index contributed by atoms with van der Waals surface area (Å²) in [5, 5.41) is 4.90. The summed E-state index contributed by atoms with van der Waals surface area (Å²) < 4.78 is 0. The van der Waals surface area contributed by atoms with E-state index in [-0.39, 0.29) is 0 Å². The van der Waals surface area contributed by atoms with E-state index in [1.807, 2.05) is 6.07 Å². The van der Waals surface area contributed by atoms with Gasteiger partial charge in [-0.2, -0.15) is 23.5 Å². The molecule has 3 N–H and O–H groups in total. The first-order valence-corrected chi connectivity index (χ1v) is 8.95. The lowest BCUT2D eigenvalue weighted by Crippen LogP contribution is -2.45. The van der Waals surface area contributed by atoms with Crippen molar-refractivity contribution in [2.24, 2.45) is 0 Å². The monoisotopic (exact) mass is 297 g/mol. The second kappa shape index (κ2) is 7.41. The third kappa shape index (κ3) is 3.80. The smallest absolute Gasteiger partial charge is 0.126 e. The Balaban J connectivity index is 2.08. The third-order valence-corrected chi connectivity index (χ3v) is 7.03. The van der Waals surface area contributed by atoms with Crippen LogP contribution in [0.2, 0.25) is 0 Å². The normalized spacial score (nSPS) is 25.2. The van der Waals surface area contributed by atoms with Crippen LogP contribution < -0.4 is 11.1 Å². The molecule has 1 aromatic heterocycles. The number of nitrogens with zero attached hydrogens (tertiary/aromatic N) is 1. The molecule has 106 valence electrons. The van der Waals surface area contributed by atoms with E-state index in [4.69, 9.17) is 5.73 Å². The van der Waals surface area contributed by atoms with Gasteiger partial charge in [-0.15, -0.1) is 0 Å². The summed E-state index contributed by atoms with van der Waals surface area (Å²) in [7, 11) is 2.06. The molecule has 3 unspecified atom stereocenters. The van der Waals surface area contributed by atoms with Crippen LogP contribution in [0.3, 0.4) is 0 Å². The van der Waals surface area contributed by atoms with Crippen molar-refractivity contribution in [3.8, 4) is 0 Å². The summed E-state index contributed by atoms with van der Waals surface area (Å²) in [5.74, 6) is 3.21. The predicted octanol–water partition coefficient (Wildman–Crippen LogP) is 2.42. The number of hydrogen-bond acceptors (Lipinski definition) is 5. The number of aromatic nitrogens is 1. The molecule has 1 saturated heterocycles. The van der Waals surface area contributed by atoms with Crippen LogP contribution in [0.15, 0.2) is 18.3 Å². The average Bonchev–Trinajstić information content (AvgIpc) is 2.46. The van der Waals surface area contributed by atoms with Gasteiger partial charge in [0.1, 0.15) is 5.82 Å². The zero-order chi connectivity index (χ0) is 13.7. The molecular weight excluding hydrogens is 274 g/mol. The van der Waals surface area contributed by atoms with E-state index in [0.717, 1.165) is 17.2 Å². The molecule has 3 nitrogen and oxygen atoms in total. The fourth-order valence-corrected chi connectivity index (χ4v) is 5.86. The van der Waals surface area contributed by atoms with Gasteiger partial charge in [-0.3, -0.25) is 0 Å². The maximum absolute atomic E-state index is 5.97. The van der Waals surface area contributed by atoms with Crippen LogP contribution in [0.4, 0.5) is 5.82 Å². The van der Waals surface area contributed by atoms with Gasteiger partial charge >= 0.3 is 0 Å². The molecule has 0 bridgehead atoms. The van der Waals surface area contributed by atoms with Crippen molar-refractivity contribution in [3.63, 3.8) is 0 Å². The molecule has 19 heavy (non-hydrogen) atoms. The predicted molar refractivity (Wildman–Crippen MR) is 88.0 cm³/mol. The van der Waals surface area contributed by atoms with Crippen molar-refractivity contribution < 1.29 is 0 Å². The molecule has 2 rings (SSSR count). The van der Waals surface area contributed by atoms with Crippen LogP contribution in [0.1, 0.15) is 18.9 Å². The number of nitrogens with one attached hydrogen (secondary N) is 1. The van der Waals surface area contributed by atoms with Gasteiger partial charge in [-0.05, 0) is 31.5 Å². The number of rotatable bonds is 5. The van der Waals surface area contributed by atoms with E-state index < -0.39 is 0 Å². The molecule has 1 aliphatic rings. The molecule has 1 aromatic rings. The lowest BCUT2D eigenvalue weighted by atomic mass is 10.0. The van der Waals surface area contributed by atoms with E-state index in [1.54, 1.807) is 6.20 Å². The molecule has 0 amide bonds. The number of nitrogens with two attached hydrogens (primary N) is 1. The first-order chi connectivity index (χ1) is 9.26. The van der Waals surface area contributed by atoms with Crippen molar-refractivity contribution >= 4 is 29.3 Å². The van der Waals surface area contributed by atoms with Gasteiger partial charge in [0.15, 0.2) is 0 Å². The van der Waals surface area contributed by atoms with Crippen LogP contribution >= 0.6 is 23.5 Å². The fraction of sp³-hybridized carbons (Fsp3) is 0.643. The van der Waals surface area contributed by atoms with Gasteiger partial charge < -0.3 is 11.1 Å². The van der Waals surface area contributed by atoms with E-state index >= 15 is 0 Å². The number of likely N-dealkylation sites (N-methyl/N-ethyl adjacent to an activating group) is 1. The molecule has 5 heteroatoms. The molecule has 0 spiro atoms. The van der Waals surface area contributed by atoms with Crippen molar-refractivity contribution in [2.75, 3.05) is 24.3 Å². The quantitative estimate of drug-likeness (QED) is 0.874. The topological polar surface area (TPSA) is 50.9 Å². The minimum absolute atomic E-state index is 0.467. The van der Waals surface area contributed by atoms with Crippen LogP contribution in [0.5, 0.6) is 0 Å². The largest absolute Gasteiger partial charge is 0.383 e. The Kier molecular flexibility index (Phi) is 5.85. The molecule has 0 radical (unpaired) electrons. The number of nitrogen functional groups attached to an aromatic ring is 1. The number of thioether (sulfide) groups is 2. The Bertz CT molecular complexity index is 400. The van der Waals surface area contributed by atoms with Gasteiger partial charge in [0.2, 0.25) is 0 Å². The summed E-state index contributed by atoms with van der Waals surface area (Å²) in [5.41, 5.74) is 7.13. The van der Waals surface area contributed by atoms with E-state index in [0.29, 0.717) is 17.1 Å². The number of anilines is 1. The molecule has 1 fully saturated rings. The Morgan fingerprint density at radius 1 is 1.47 bits per heavy atom. The summed E-state index contributed by atoms with van der Waals surface area (Å²) in [6.07, 6.45) is 3.96. The van der Waals surface area contributed by atoms with Gasteiger partial charge in [0, 0.05) is 34.2 Å². The van der Waals surface area contributed by atoms with Crippen molar-refractivity contribution in [2.45, 2.75) is 36.3 Å². The van der Waals surface area contributed by atoms with Gasteiger partial charge in [0.25, 0.3) is 0 Å². The molecule has 0 aliphatic carbocycles. The molecular formula is C14H23N3S2. The summed E-state index contributed by atoms with van der Waals surface area (Å²) in [6, 6.07) is 4.53. The zero-order valence-electron chi connectivity index (χ0n) is 11.6. The highest BCUT2D eigenvalue weighted by Crippen LogP contribution is 2.36. The summed E-state index contributed by atoms with van der Waals surface area (Å²) in [4.78, 5) is 4.19. The first-order valence-electron chi connectivity index (χ1n) is 6.86. The van der Waals surface area contributed by atoms with Crippen LogP contribution in [0, 0.1) is 0 Å².